The Bertz CT molecular complexity index is 702. The Morgan fingerprint density at radius 1 is 1.19 bits per heavy atom. The zero-order chi connectivity index (χ0) is 15.6. The molecule has 1 N–H and O–H groups in total. The van der Waals surface area contributed by atoms with Crippen LogP contribution in [0.4, 0.5) is 0 Å². The normalized spacial score (nSPS) is 28.2. The molecule has 2 heterocycles. The topological polar surface area (TPSA) is 19.0 Å². The minimum atomic E-state index is -0.881. The molecule has 0 saturated carbocycles. The molecule has 1 saturated heterocycles. The standard InChI is InChI=1S/C17H22B2N2/c1-11-7-6-8-13-14(11)12(9-20-13)16(4)10-15(2,3)21(5)17(16,18)19/h6-9,20H,10H2,1-5H3. The zero-order valence-electron chi connectivity index (χ0n) is 13.6. The molecule has 1 atom stereocenters. The highest BCUT2D eigenvalue weighted by Crippen LogP contribution is 2.52. The number of nitrogens with one attached hydrogen (secondary N) is 1. The number of hydrogen-bond acceptors (Lipinski definition) is 1. The van der Waals surface area contributed by atoms with E-state index in [4.69, 9.17) is 15.7 Å². The summed E-state index contributed by atoms with van der Waals surface area (Å²) in [5, 5.41) is 0.375. The van der Waals surface area contributed by atoms with Crippen molar-refractivity contribution in [3.05, 3.63) is 35.5 Å². The molecule has 106 valence electrons. The van der Waals surface area contributed by atoms with Gasteiger partial charge in [0.05, 0.1) is 15.7 Å². The summed E-state index contributed by atoms with van der Waals surface area (Å²) in [6.07, 6.45) is 3.01. The molecule has 4 heteroatoms. The van der Waals surface area contributed by atoms with Crippen molar-refractivity contribution >= 4 is 26.6 Å². The SMILES string of the molecule is [B]C1([B])N(C)C(C)(C)CC1(C)c1c[nH]c2cccc(C)c12. The number of benzene rings is 1. The molecule has 0 amide bonds. The Morgan fingerprint density at radius 2 is 1.86 bits per heavy atom. The highest BCUT2D eigenvalue weighted by molar-refractivity contribution is 6.41. The molecular formula is C17H22B2N2. The fraction of sp³-hybridized carbons (Fsp3) is 0.529. The van der Waals surface area contributed by atoms with Gasteiger partial charge in [-0.1, -0.05) is 19.1 Å². The van der Waals surface area contributed by atoms with Crippen molar-refractivity contribution in [2.75, 3.05) is 7.05 Å². The first-order valence-electron chi connectivity index (χ1n) is 7.50. The summed E-state index contributed by atoms with van der Waals surface area (Å²) in [5.74, 6) is 0. The number of fused-ring (bicyclic) bond motifs is 1. The van der Waals surface area contributed by atoms with Crippen LogP contribution in [0.5, 0.6) is 0 Å². The molecule has 0 aliphatic carbocycles. The van der Waals surface area contributed by atoms with Crippen molar-refractivity contribution in [1.82, 2.24) is 9.88 Å². The summed E-state index contributed by atoms with van der Waals surface area (Å²) in [7, 11) is 15.2. The summed E-state index contributed by atoms with van der Waals surface area (Å²) < 4.78 is 0. The van der Waals surface area contributed by atoms with E-state index in [1.54, 1.807) is 0 Å². The molecule has 21 heavy (non-hydrogen) atoms. The fourth-order valence-corrected chi connectivity index (χ4v) is 4.11. The molecule has 1 unspecified atom stereocenters. The first-order chi connectivity index (χ1) is 9.61. The highest BCUT2D eigenvalue weighted by Gasteiger charge is 2.56. The molecule has 4 radical (unpaired) electrons. The van der Waals surface area contributed by atoms with Crippen molar-refractivity contribution in [2.24, 2.45) is 0 Å². The quantitative estimate of drug-likeness (QED) is 0.793. The van der Waals surface area contributed by atoms with Gasteiger partial charge in [0, 0.05) is 22.6 Å². The predicted molar refractivity (Wildman–Crippen MR) is 91.1 cm³/mol. The molecule has 2 aromatic rings. The van der Waals surface area contributed by atoms with Crippen molar-refractivity contribution < 1.29 is 0 Å². The Labute approximate surface area is 130 Å². The van der Waals surface area contributed by atoms with E-state index in [2.05, 4.69) is 62.0 Å². The molecule has 1 aliphatic heterocycles. The van der Waals surface area contributed by atoms with E-state index in [1.165, 1.54) is 16.5 Å². The maximum absolute atomic E-state index is 6.60. The predicted octanol–water partition coefficient (Wildman–Crippen LogP) is 2.84. The lowest BCUT2D eigenvalue weighted by atomic mass is 9.47. The number of H-pyrrole nitrogens is 1. The molecule has 0 spiro atoms. The van der Waals surface area contributed by atoms with Gasteiger partial charge in [-0.25, -0.2) is 0 Å². The average Bonchev–Trinajstić information content (AvgIpc) is 2.86. The third kappa shape index (κ3) is 1.78. The second-order valence-corrected chi connectivity index (χ2v) is 7.41. The van der Waals surface area contributed by atoms with Gasteiger partial charge < -0.3 is 9.88 Å². The minimum absolute atomic E-state index is 0.0372. The summed E-state index contributed by atoms with van der Waals surface area (Å²) in [5.41, 5.74) is 3.28. The summed E-state index contributed by atoms with van der Waals surface area (Å²) in [6, 6.07) is 6.32. The third-order valence-electron chi connectivity index (χ3n) is 5.64. The van der Waals surface area contributed by atoms with Crippen LogP contribution >= 0.6 is 0 Å². The van der Waals surface area contributed by atoms with Crippen molar-refractivity contribution in [2.45, 2.75) is 50.4 Å². The molecule has 0 bridgehead atoms. The molecule has 1 fully saturated rings. The van der Waals surface area contributed by atoms with Gasteiger partial charge >= 0.3 is 0 Å². The molecule has 1 aromatic carbocycles. The van der Waals surface area contributed by atoms with E-state index >= 15 is 0 Å². The highest BCUT2D eigenvalue weighted by atomic mass is 15.2. The van der Waals surface area contributed by atoms with E-state index in [-0.39, 0.29) is 11.0 Å². The van der Waals surface area contributed by atoms with Crippen LogP contribution in [0.2, 0.25) is 0 Å². The largest absolute Gasteiger partial charge is 0.361 e. The van der Waals surface area contributed by atoms with Crippen molar-refractivity contribution in [3.8, 4) is 0 Å². The van der Waals surface area contributed by atoms with Gasteiger partial charge in [-0.2, -0.15) is 0 Å². The van der Waals surface area contributed by atoms with Crippen molar-refractivity contribution in [3.63, 3.8) is 0 Å². The zero-order valence-corrected chi connectivity index (χ0v) is 13.6. The van der Waals surface area contributed by atoms with Crippen LogP contribution in [-0.4, -0.2) is 43.5 Å². The van der Waals surface area contributed by atoms with Crippen LogP contribution in [0.3, 0.4) is 0 Å². The fourth-order valence-electron chi connectivity index (χ4n) is 4.11. The van der Waals surface area contributed by atoms with Gasteiger partial charge in [0.25, 0.3) is 0 Å². The number of hydrogen-bond donors (Lipinski definition) is 1. The molecule has 1 aromatic heterocycles. The number of aromatic amines is 1. The Kier molecular flexibility index (Phi) is 2.95. The maximum atomic E-state index is 6.60. The number of likely N-dealkylation sites (tertiary alicyclic amines) is 1. The summed E-state index contributed by atoms with van der Waals surface area (Å²) in [4.78, 5) is 5.49. The first kappa shape index (κ1) is 14.8. The van der Waals surface area contributed by atoms with Gasteiger partial charge in [-0.3, -0.25) is 0 Å². The van der Waals surface area contributed by atoms with Gasteiger partial charge in [-0.05, 0) is 62.2 Å². The maximum Gasteiger partial charge on any atom is 0.0836 e. The van der Waals surface area contributed by atoms with Crippen LogP contribution in [0, 0.1) is 6.92 Å². The van der Waals surface area contributed by atoms with Crippen LogP contribution in [-0.2, 0) is 5.41 Å². The average molecular weight is 276 g/mol. The van der Waals surface area contributed by atoms with E-state index in [0.717, 1.165) is 11.9 Å². The summed E-state index contributed by atoms with van der Waals surface area (Å²) >= 11 is 0. The number of likely N-dealkylation sites (N-methyl/N-ethyl adjacent to an activating group) is 1. The Morgan fingerprint density at radius 3 is 2.43 bits per heavy atom. The van der Waals surface area contributed by atoms with Gasteiger partial charge in [0.2, 0.25) is 0 Å². The second kappa shape index (κ2) is 4.19. The van der Waals surface area contributed by atoms with Gasteiger partial charge in [-0.15, -0.1) is 0 Å². The lowest BCUT2D eigenvalue weighted by Crippen LogP contribution is -2.57. The Balaban J connectivity index is 2.27. The smallest absolute Gasteiger partial charge is 0.0836 e. The van der Waals surface area contributed by atoms with Crippen LogP contribution in [0.25, 0.3) is 10.9 Å². The van der Waals surface area contributed by atoms with Gasteiger partial charge in [0.15, 0.2) is 0 Å². The van der Waals surface area contributed by atoms with E-state index in [0.29, 0.717) is 0 Å². The number of aromatic nitrogens is 1. The van der Waals surface area contributed by atoms with Crippen LogP contribution in [0.1, 0.15) is 38.3 Å². The van der Waals surface area contributed by atoms with Crippen molar-refractivity contribution in [1.29, 1.82) is 0 Å². The van der Waals surface area contributed by atoms with E-state index in [1.807, 2.05) is 7.05 Å². The third-order valence-corrected chi connectivity index (χ3v) is 5.64. The monoisotopic (exact) mass is 276 g/mol. The number of rotatable bonds is 1. The number of aryl methyl sites for hydroxylation is 1. The van der Waals surface area contributed by atoms with E-state index in [9.17, 15) is 0 Å². The number of nitrogens with zero attached hydrogens (tertiary/aromatic N) is 1. The molecule has 1 aliphatic rings. The lowest BCUT2D eigenvalue weighted by molar-refractivity contribution is 0.180. The van der Waals surface area contributed by atoms with Gasteiger partial charge in [0.1, 0.15) is 0 Å². The molecule has 2 nitrogen and oxygen atoms in total. The molecule has 3 rings (SSSR count). The Hall–Kier alpha value is -1.15. The van der Waals surface area contributed by atoms with Crippen LogP contribution in [0.15, 0.2) is 24.4 Å². The van der Waals surface area contributed by atoms with E-state index < -0.39 is 5.34 Å². The first-order valence-corrected chi connectivity index (χ1v) is 7.50. The second-order valence-electron chi connectivity index (χ2n) is 7.41. The minimum Gasteiger partial charge on any atom is -0.361 e. The lowest BCUT2D eigenvalue weighted by Gasteiger charge is -2.44. The molecular weight excluding hydrogens is 254 g/mol. The summed E-state index contributed by atoms with van der Waals surface area (Å²) in [6.45, 7) is 8.73. The van der Waals surface area contributed by atoms with Crippen LogP contribution < -0.4 is 0 Å².